The highest BCUT2D eigenvalue weighted by Crippen LogP contribution is 2.16. The molecule has 19 heavy (non-hydrogen) atoms. The summed E-state index contributed by atoms with van der Waals surface area (Å²) in [4.78, 5) is 16.5. The van der Waals surface area contributed by atoms with Crippen LogP contribution in [0.5, 0.6) is 0 Å². The molecule has 2 N–H and O–H groups in total. The Kier molecular flexibility index (Phi) is 6.23. The molecule has 1 fully saturated rings. The van der Waals surface area contributed by atoms with Crippen molar-refractivity contribution < 1.29 is 9.53 Å². The summed E-state index contributed by atoms with van der Waals surface area (Å²) < 4.78 is 4.76. The molecule has 0 aliphatic carbocycles. The standard InChI is InChI=1S/C14H29N3O2/c1-5-12-11-16(3)8-6-9-17(12)10-7-14(2,15)13(18)19-4/h12H,5-11,15H2,1-4H3. The van der Waals surface area contributed by atoms with Gasteiger partial charge in [-0.15, -0.1) is 0 Å². The van der Waals surface area contributed by atoms with E-state index in [-0.39, 0.29) is 5.97 Å². The van der Waals surface area contributed by atoms with Crippen LogP contribution in [0.3, 0.4) is 0 Å². The third kappa shape index (κ3) is 4.75. The fourth-order valence-corrected chi connectivity index (χ4v) is 2.69. The van der Waals surface area contributed by atoms with Crippen molar-refractivity contribution >= 4 is 5.97 Å². The molecule has 1 aliphatic heterocycles. The molecule has 0 aromatic heterocycles. The second-order valence-corrected chi connectivity index (χ2v) is 5.87. The van der Waals surface area contributed by atoms with Gasteiger partial charge in [0, 0.05) is 19.1 Å². The first-order valence-corrected chi connectivity index (χ1v) is 7.20. The van der Waals surface area contributed by atoms with Crippen molar-refractivity contribution in [2.75, 3.05) is 40.3 Å². The summed E-state index contributed by atoms with van der Waals surface area (Å²) in [7, 11) is 3.57. The van der Waals surface area contributed by atoms with Crippen LogP contribution in [-0.4, -0.2) is 67.7 Å². The van der Waals surface area contributed by atoms with Crippen LogP contribution in [-0.2, 0) is 9.53 Å². The molecule has 112 valence electrons. The fraction of sp³-hybridized carbons (Fsp3) is 0.929. The normalized spacial score (nSPS) is 25.6. The van der Waals surface area contributed by atoms with Crippen molar-refractivity contribution in [3.8, 4) is 0 Å². The molecule has 1 heterocycles. The largest absolute Gasteiger partial charge is 0.468 e. The van der Waals surface area contributed by atoms with Crippen molar-refractivity contribution in [3.63, 3.8) is 0 Å². The Bertz CT molecular complexity index is 294. The highest BCUT2D eigenvalue weighted by Gasteiger charge is 2.31. The van der Waals surface area contributed by atoms with Gasteiger partial charge in [0.1, 0.15) is 5.54 Å². The maximum atomic E-state index is 11.6. The second-order valence-electron chi connectivity index (χ2n) is 5.87. The van der Waals surface area contributed by atoms with Crippen molar-refractivity contribution in [2.45, 2.75) is 44.7 Å². The van der Waals surface area contributed by atoms with Crippen LogP contribution >= 0.6 is 0 Å². The van der Waals surface area contributed by atoms with Gasteiger partial charge in [-0.05, 0) is 46.3 Å². The minimum absolute atomic E-state index is 0.326. The van der Waals surface area contributed by atoms with Gasteiger partial charge in [0.05, 0.1) is 7.11 Å². The van der Waals surface area contributed by atoms with Gasteiger partial charge in [-0.25, -0.2) is 0 Å². The highest BCUT2D eigenvalue weighted by atomic mass is 16.5. The van der Waals surface area contributed by atoms with E-state index in [1.807, 2.05) is 0 Å². The molecular formula is C14H29N3O2. The zero-order valence-electron chi connectivity index (χ0n) is 12.8. The van der Waals surface area contributed by atoms with E-state index in [1.54, 1.807) is 6.92 Å². The number of ether oxygens (including phenoxy) is 1. The van der Waals surface area contributed by atoms with Crippen LogP contribution in [0, 0.1) is 0 Å². The average molecular weight is 271 g/mol. The Morgan fingerprint density at radius 3 is 2.74 bits per heavy atom. The molecule has 0 aromatic carbocycles. The van der Waals surface area contributed by atoms with E-state index in [0.29, 0.717) is 12.5 Å². The topological polar surface area (TPSA) is 58.8 Å². The second kappa shape index (κ2) is 7.22. The molecule has 1 aliphatic rings. The molecule has 1 saturated heterocycles. The van der Waals surface area contributed by atoms with Crippen molar-refractivity contribution in [2.24, 2.45) is 5.73 Å². The van der Waals surface area contributed by atoms with Crippen molar-refractivity contribution in [1.82, 2.24) is 9.80 Å². The average Bonchev–Trinajstić information content (AvgIpc) is 2.56. The Morgan fingerprint density at radius 1 is 1.47 bits per heavy atom. The zero-order valence-corrected chi connectivity index (χ0v) is 12.8. The lowest BCUT2D eigenvalue weighted by atomic mass is 9.98. The summed E-state index contributed by atoms with van der Waals surface area (Å²) in [5, 5.41) is 0. The van der Waals surface area contributed by atoms with E-state index >= 15 is 0 Å². The Morgan fingerprint density at radius 2 is 2.16 bits per heavy atom. The number of carbonyl (C=O) groups is 1. The number of carbonyl (C=O) groups excluding carboxylic acids is 1. The Labute approximate surface area is 117 Å². The SMILES string of the molecule is CCC1CN(C)CCCN1CCC(C)(N)C(=O)OC. The minimum Gasteiger partial charge on any atom is -0.468 e. The van der Waals surface area contributed by atoms with E-state index in [2.05, 4.69) is 23.8 Å². The Hall–Kier alpha value is -0.650. The monoisotopic (exact) mass is 271 g/mol. The summed E-state index contributed by atoms with van der Waals surface area (Å²) in [6.45, 7) is 8.15. The minimum atomic E-state index is -0.884. The summed E-state index contributed by atoms with van der Waals surface area (Å²) in [6.07, 6.45) is 2.94. The van der Waals surface area contributed by atoms with E-state index in [0.717, 1.165) is 32.6 Å². The van der Waals surface area contributed by atoms with Gasteiger partial charge in [0.25, 0.3) is 0 Å². The molecule has 2 atom stereocenters. The van der Waals surface area contributed by atoms with Gasteiger partial charge in [-0.1, -0.05) is 6.92 Å². The maximum absolute atomic E-state index is 11.6. The van der Waals surface area contributed by atoms with E-state index in [1.165, 1.54) is 13.5 Å². The van der Waals surface area contributed by atoms with Gasteiger partial charge in [0.15, 0.2) is 0 Å². The third-order valence-corrected chi connectivity index (χ3v) is 4.07. The molecule has 0 saturated carbocycles. The molecule has 0 bridgehead atoms. The number of nitrogens with two attached hydrogens (primary N) is 1. The lowest BCUT2D eigenvalue weighted by Gasteiger charge is -2.32. The fourth-order valence-electron chi connectivity index (χ4n) is 2.69. The summed E-state index contributed by atoms with van der Waals surface area (Å²) in [5.41, 5.74) is 5.15. The van der Waals surface area contributed by atoms with Crippen LogP contribution in [0.2, 0.25) is 0 Å². The van der Waals surface area contributed by atoms with Crippen LogP contribution in [0.1, 0.15) is 33.1 Å². The van der Waals surface area contributed by atoms with Crippen LogP contribution < -0.4 is 5.73 Å². The number of hydrogen-bond donors (Lipinski definition) is 1. The molecule has 0 spiro atoms. The highest BCUT2D eigenvalue weighted by molar-refractivity contribution is 5.79. The van der Waals surface area contributed by atoms with Crippen molar-refractivity contribution in [3.05, 3.63) is 0 Å². The predicted octanol–water partition coefficient (Wildman–Crippen LogP) is 0.683. The first kappa shape index (κ1) is 16.4. The number of esters is 1. The summed E-state index contributed by atoms with van der Waals surface area (Å²) in [5.74, 6) is -0.326. The van der Waals surface area contributed by atoms with Gasteiger partial charge >= 0.3 is 5.97 Å². The van der Waals surface area contributed by atoms with Crippen LogP contribution in [0.15, 0.2) is 0 Å². The van der Waals surface area contributed by atoms with E-state index in [9.17, 15) is 4.79 Å². The van der Waals surface area contributed by atoms with Gasteiger partial charge in [0.2, 0.25) is 0 Å². The molecule has 5 heteroatoms. The number of likely N-dealkylation sites (N-methyl/N-ethyl adjacent to an activating group) is 1. The molecule has 5 nitrogen and oxygen atoms in total. The lowest BCUT2D eigenvalue weighted by Crippen LogP contribution is -2.49. The number of methoxy groups -OCH3 is 1. The lowest BCUT2D eigenvalue weighted by molar-refractivity contribution is -0.146. The maximum Gasteiger partial charge on any atom is 0.325 e. The first-order valence-electron chi connectivity index (χ1n) is 7.20. The molecular weight excluding hydrogens is 242 g/mol. The predicted molar refractivity (Wildman–Crippen MR) is 77.0 cm³/mol. The third-order valence-electron chi connectivity index (χ3n) is 4.07. The van der Waals surface area contributed by atoms with Crippen molar-refractivity contribution in [1.29, 1.82) is 0 Å². The smallest absolute Gasteiger partial charge is 0.325 e. The molecule has 0 amide bonds. The summed E-state index contributed by atoms with van der Waals surface area (Å²) in [6, 6.07) is 0.556. The van der Waals surface area contributed by atoms with Crippen LogP contribution in [0.25, 0.3) is 0 Å². The van der Waals surface area contributed by atoms with E-state index < -0.39 is 5.54 Å². The number of hydrogen-bond acceptors (Lipinski definition) is 5. The van der Waals surface area contributed by atoms with Gasteiger partial charge in [-0.2, -0.15) is 0 Å². The molecule has 1 rings (SSSR count). The number of nitrogens with zero attached hydrogens (tertiary/aromatic N) is 2. The molecule has 0 aromatic rings. The molecule has 0 radical (unpaired) electrons. The summed E-state index contributed by atoms with van der Waals surface area (Å²) >= 11 is 0. The Balaban J connectivity index is 2.56. The van der Waals surface area contributed by atoms with Crippen LogP contribution in [0.4, 0.5) is 0 Å². The van der Waals surface area contributed by atoms with E-state index in [4.69, 9.17) is 10.5 Å². The van der Waals surface area contributed by atoms with Gasteiger partial charge in [-0.3, -0.25) is 9.69 Å². The zero-order chi connectivity index (χ0) is 14.5. The molecule has 2 unspecified atom stereocenters. The first-order chi connectivity index (χ1) is 8.90. The van der Waals surface area contributed by atoms with Gasteiger partial charge < -0.3 is 15.4 Å². The quantitative estimate of drug-likeness (QED) is 0.745. The number of rotatable bonds is 5.